The summed E-state index contributed by atoms with van der Waals surface area (Å²) in [6.07, 6.45) is 3.18. The molecule has 1 aliphatic heterocycles. The maximum Gasteiger partial charge on any atom is 0.199 e. The van der Waals surface area contributed by atoms with Gasteiger partial charge in [0, 0.05) is 6.42 Å². The predicted octanol–water partition coefficient (Wildman–Crippen LogP) is 4.51. The Kier molecular flexibility index (Phi) is 3.52. The Morgan fingerprint density at radius 2 is 2.00 bits per heavy atom. The summed E-state index contributed by atoms with van der Waals surface area (Å²) in [5.74, 6) is 0.862. The number of fused-ring (bicyclic) bond motifs is 1. The van der Waals surface area contributed by atoms with E-state index in [0.29, 0.717) is 0 Å². The van der Waals surface area contributed by atoms with Gasteiger partial charge in [-0.2, -0.15) is 0 Å². The molecule has 1 fully saturated rings. The Bertz CT molecular complexity index is 547. The Balaban J connectivity index is 1.89. The molecule has 3 rings (SSSR count). The van der Waals surface area contributed by atoms with Crippen LogP contribution in [0.2, 0.25) is 0 Å². The lowest BCUT2D eigenvalue weighted by Crippen LogP contribution is -2.25. The topological polar surface area (TPSA) is 18.5 Å². The van der Waals surface area contributed by atoms with Gasteiger partial charge in [0.2, 0.25) is 0 Å². The second kappa shape index (κ2) is 5.29. The van der Waals surface area contributed by atoms with E-state index in [2.05, 4.69) is 34.1 Å². The van der Waals surface area contributed by atoms with Crippen molar-refractivity contribution in [2.24, 2.45) is 0 Å². The summed E-state index contributed by atoms with van der Waals surface area (Å²) in [5.41, 5.74) is 0. The van der Waals surface area contributed by atoms with Crippen LogP contribution in [0, 0.1) is 0 Å². The van der Waals surface area contributed by atoms with Crippen LogP contribution in [0.5, 0.6) is 5.75 Å². The smallest absolute Gasteiger partial charge is 0.199 e. The van der Waals surface area contributed by atoms with Gasteiger partial charge in [0.15, 0.2) is 6.29 Å². The minimum atomic E-state index is -0.101. The van der Waals surface area contributed by atoms with Crippen molar-refractivity contribution in [3.63, 3.8) is 0 Å². The number of halogens is 1. The van der Waals surface area contributed by atoms with Crippen molar-refractivity contribution in [1.29, 1.82) is 0 Å². The number of ether oxygens (including phenoxy) is 2. The van der Waals surface area contributed by atoms with Crippen LogP contribution >= 0.6 is 15.9 Å². The number of hydrogen-bond acceptors (Lipinski definition) is 2. The lowest BCUT2D eigenvalue weighted by Gasteiger charge is -2.24. The minimum absolute atomic E-state index is 0.101. The van der Waals surface area contributed by atoms with Crippen LogP contribution in [0.3, 0.4) is 0 Å². The van der Waals surface area contributed by atoms with Gasteiger partial charge in [0.1, 0.15) is 5.75 Å². The highest BCUT2D eigenvalue weighted by Gasteiger charge is 2.17. The third-order valence-electron chi connectivity index (χ3n) is 3.22. The Labute approximate surface area is 115 Å². The molecule has 0 saturated carbocycles. The molecule has 1 aliphatic rings. The minimum Gasteiger partial charge on any atom is -0.464 e. The molecule has 3 heteroatoms. The molecule has 0 amide bonds. The van der Waals surface area contributed by atoms with Crippen molar-refractivity contribution in [3.05, 3.63) is 40.9 Å². The monoisotopic (exact) mass is 306 g/mol. The van der Waals surface area contributed by atoms with E-state index in [9.17, 15) is 0 Å². The van der Waals surface area contributed by atoms with Crippen LogP contribution in [0.1, 0.15) is 19.3 Å². The number of benzene rings is 2. The molecule has 2 aromatic rings. The van der Waals surface area contributed by atoms with Gasteiger partial charge in [-0.3, -0.25) is 0 Å². The summed E-state index contributed by atoms with van der Waals surface area (Å²) in [6.45, 7) is 0.801. The lowest BCUT2D eigenvalue weighted by molar-refractivity contribution is -0.106. The van der Waals surface area contributed by atoms with Gasteiger partial charge in [-0.1, -0.05) is 30.3 Å². The van der Waals surface area contributed by atoms with Crippen LogP contribution in [-0.4, -0.2) is 12.9 Å². The first-order chi connectivity index (χ1) is 8.84. The standard InChI is InChI=1S/C15H15BrO2/c16-15-12-6-2-1-5-11(12)8-9-13(15)18-14-7-3-4-10-17-14/h1-2,5-6,8-9,14H,3-4,7,10H2. The summed E-state index contributed by atoms with van der Waals surface area (Å²) in [7, 11) is 0. The van der Waals surface area contributed by atoms with Gasteiger partial charge in [-0.15, -0.1) is 0 Å². The molecule has 1 heterocycles. The zero-order valence-corrected chi connectivity index (χ0v) is 11.7. The summed E-state index contributed by atoms with van der Waals surface area (Å²) in [4.78, 5) is 0. The number of rotatable bonds is 2. The molecule has 2 nitrogen and oxygen atoms in total. The van der Waals surface area contributed by atoms with Crippen molar-refractivity contribution in [2.75, 3.05) is 6.61 Å². The van der Waals surface area contributed by atoms with Gasteiger partial charge in [0.25, 0.3) is 0 Å². The second-order valence-corrected chi connectivity index (χ2v) is 5.31. The quantitative estimate of drug-likeness (QED) is 0.813. The van der Waals surface area contributed by atoms with E-state index in [1.54, 1.807) is 0 Å². The summed E-state index contributed by atoms with van der Waals surface area (Å²) < 4.78 is 12.5. The third kappa shape index (κ3) is 2.38. The van der Waals surface area contributed by atoms with Crippen LogP contribution in [0.4, 0.5) is 0 Å². The lowest BCUT2D eigenvalue weighted by atomic mass is 10.1. The van der Waals surface area contributed by atoms with Gasteiger partial charge < -0.3 is 9.47 Å². The molecule has 0 spiro atoms. The molecule has 18 heavy (non-hydrogen) atoms. The van der Waals surface area contributed by atoms with Crippen LogP contribution in [0.15, 0.2) is 40.9 Å². The fourth-order valence-corrected chi connectivity index (χ4v) is 2.84. The van der Waals surface area contributed by atoms with Gasteiger partial charge in [-0.25, -0.2) is 0 Å². The normalized spacial score (nSPS) is 19.9. The molecule has 94 valence electrons. The van der Waals surface area contributed by atoms with E-state index < -0.39 is 0 Å². The fraction of sp³-hybridized carbons (Fsp3) is 0.333. The van der Waals surface area contributed by atoms with Crippen LogP contribution in [-0.2, 0) is 4.74 Å². The van der Waals surface area contributed by atoms with E-state index in [-0.39, 0.29) is 6.29 Å². The van der Waals surface area contributed by atoms with Crippen molar-refractivity contribution in [1.82, 2.24) is 0 Å². The molecule has 1 saturated heterocycles. The van der Waals surface area contributed by atoms with Crippen molar-refractivity contribution in [3.8, 4) is 5.75 Å². The summed E-state index contributed by atoms with van der Waals surface area (Å²) >= 11 is 3.63. The molecule has 1 unspecified atom stereocenters. The van der Waals surface area contributed by atoms with E-state index in [1.165, 1.54) is 17.2 Å². The second-order valence-electron chi connectivity index (χ2n) is 4.51. The predicted molar refractivity (Wildman–Crippen MR) is 75.9 cm³/mol. The highest BCUT2D eigenvalue weighted by atomic mass is 79.9. The van der Waals surface area contributed by atoms with Gasteiger partial charge >= 0.3 is 0 Å². The molecular formula is C15H15BrO2. The van der Waals surface area contributed by atoms with Crippen molar-refractivity contribution < 1.29 is 9.47 Å². The van der Waals surface area contributed by atoms with Crippen LogP contribution in [0.25, 0.3) is 10.8 Å². The fourth-order valence-electron chi connectivity index (χ4n) is 2.25. The molecular weight excluding hydrogens is 292 g/mol. The third-order valence-corrected chi connectivity index (χ3v) is 4.04. The zero-order valence-electron chi connectivity index (χ0n) is 10.1. The SMILES string of the molecule is Brc1c(OC2CCCCO2)ccc2ccccc12. The highest BCUT2D eigenvalue weighted by Crippen LogP contribution is 2.34. The molecule has 0 bridgehead atoms. The Morgan fingerprint density at radius 3 is 2.83 bits per heavy atom. The van der Waals surface area contributed by atoms with E-state index in [1.807, 2.05) is 18.2 Å². The average Bonchev–Trinajstić information content (AvgIpc) is 2.43. The average molecular weight is 307 g/mol. The summed E-state index contributed by atoms with van der Waals surface area (Å²) in [5, 5.41) is 2.38. The Hall–Kier alpha value is -1.06. The van der Waals surface area contributed by atoms with Crippen molar-refractivity contribution >= 4 is 26.7 Å². The highest BCUT2D eigenvalue weighted by molar-refractivity contribution is 9.10. The zero-order chi connectivity index (χ0) is 12.4. The van der Waals surface area contributed by atoms with E-state index in [4.69, 9.17) is 9.47 Å². The largest absolute Gasteiger partial charge is 0.464 e. The molecule has 0 N–H and O–H groups in total. The van der Waals surface area contributed by atoms with E-state index in [0.717, 1.165) is 29.7 Å². The van der Waals surface area contributed by atoms with Gasteiger partial charge in [0.05, 0.1) is 11.1 Å². The first-order valence-corrected chi connectivity index (χ1v) is 7.09. The molecule has 0 aliphatic carbocycles. The van der Waals surface area contributed by atoms with Crippen molar-refractivity contribution in [2.45, 2.75) is 25.6 Å². The summed E-state index contributed by atoms with van der Waals surface area (Å²) in [6, 6.07) is 12.4. The first kappa shape index (κ1) is 12.0. The maximum atomic E-state index is 5.93. The van der Waals surface area contributed by atoms with Gasteiger partial charge in [-0.05, 0) is 45.6 Å². The number of hydrogen-bond donors (Lipinski definition) is 0. The Morgan fingerprint density at radius 1 is 1.11 bits per heavy atom. The van der Waals surface area contributed by atoms with E-state index >= 15 is 0 Å². The maximum absolute atomic E-state index is 5.93. The van der Waals surface area contributed by atoms with Crippen LogP contribution < -0.4 is 4.74 Å². The molecule has 2 aromatic carbocycles. The molecule has 0 radical (unpaired) electrons. The molecule has 1 atom stereocenters. The first-order valence-electron chi connectivity index (χ1n) is 6.30. The molecule has 0 aromatic heterocycles.